The Morgan fingerprint density at radius 3 is 1.94 bits per heavy atom. The summed E-state index contributed by atoms with van der Waals surface area (Å²) in [4.78, 5) is 2.72. The van der Waals surface area contributed by atoms with Crippen LogP contribution in [0.25, 0.3) is 33.1 Å². The third-order valence-corrected chi connectivity index (χ3v) is 8.27. The van der Waals surface area contributed by atoms with Gasteiger partial charge in [0.05, 0.1) is 11.0 Å². The molecule has 0 N–H and O–H groups in total. The molecule has 1 aromatic heterocycles. The van der Waals surface area contributed by atoms with Crippen LogP contribution in [0.1, 0.15) is 22.3 Å². The Morgan fingerprint density at radius 2 is 1.20 bits per heavy atom. The van der Waals surface area contributed by atoms with Crippen LogP contribution in [-0.4, -0.2) is 4.57 Å². The Bertz CT molecular complexity index is 1700. The van der Waals surface area contributed by atoms with E-state index < -0.39 is 0 Å². The number of nitrogens with zero attached hydrogens (tertiary/aromatic N) is 1. The van der Waals surface area contributed by atoms with Gasteiger partial charge in [0.25, 0.3) is 0 Å². The van der Waals surface area contributed by atoms with Crippen LogP contribution in [0.5, 0.6) is 0 Å². The molecule has 1 nitrogen and oxygen atoms in total. The highest BCUT2D eigenvalue weighted by Gasteiger charge is 2.17. The van der Waals surface area contributed by atoms with Gasteiger partial charge in [-0.15, -0.1) is 0 Å². The molecule has 0 saturated carbocycles. The summed E-state index contributed by atoms with van der Waals surface area (Å²) in [6, 6.07) is 41.6. The van der Waals surface area contributed by atoms with Crippen LogP contribution < -0.4 is 0 Å². The summed E-state index contributed by atoms with van der Waals surface area (Å²) in [6.45, 7) is 4.47. The van der Waals surface area contributed by atoms with Gasteiger partial charge in [0.2, 0.25) is 0 Å². The second-order valence-corrected chi connectivity index (χ2v) is 10.2. The van der Waals surface area contributed by atoms with Crippen LogP contribution in [0.4, 0.5) is 0 Å². The number of para-hydroxylation sites is 2. The molecule has 0 bridgehead atoms. The van der Waals surface area contributed by atoms with Crippen LogP contribution in [0.2, 0.25) is 0 Å². The second kappa shape index (κ2) is 8.04. The van der Waals surface area contributed by atoms with E-state index in [0.29, 0.717) is 0 Å². The van der Waals surface area contributed by atoms with Gasteiger partial charge >= 0.3 is 0 Å². The molecule has 166 valence electrons. The fourth-order valence-corrected chi connectivity index (χ4v) is 6.31. The van der Waals surface area contributed by atoms with Crippen molar-refractivity contribution in [2.75, 3.05) is 0 Å². The van der Waals surface area contributed by atoms with Gasteiger partial charge in [0, 0.05) is 26.3 Å². The van der Waals surface area contributed by atoms with Crippen LogP contribution in [-0.2, 0) is 6.42 Å². The molecule has 0 fully saturated rings. The van der Waals surface area contributed by atoms with E-state index in [0.717, 1.165) is 23.2 Å². The van der Waals surface area contributed by atoms with Gasteiger partial charge in [0.1, 0.15) is 0 Å². The van der Waals surface area contributed by atoms with E-state index in [1.165, 1.54) is 48.3 Å². The summed E-state index contributed by atoms with van der Waals surface area (Å²) >= 11 is 1.87. The molecule has 2 heterocycles. The van der Waals surface area contributed by atoms with Gasteiger partial charge in [-0.25, -0.2) is 0 Å². The molecular formula is C33H23NS. The third kappa shape index (κ3) is 3.33. The Balaban J connectivity index is 1.24. The number of fused-ring (bicyclic) bond motifs is 5. The first kappa shape index (κ1) is 20.4. The monoisotopic (exact) mass is 465 g/mol. The number of benzene rings is 5. The fraction of sp³-hybridized carbons (Fsp3) is 0.0303. The lowest BCUT2D eigenvalue weighted by Gasteiger charge is -2.20. The summed E-state index contributed by atoms with van der Waals surface area (Å²) in [5, 5.41) is 2.56. The van der Waals surface area contributed by atoms with Crippen LogP contribution in [0.3, 0.4) is 0 Å². The molecule has 0 unspecified atom stereocenters. The first-order valence-electron chi connectivity index (χ1n) is 11.9. The lowest BCUT2D eigenvalue weighted by atomic mass is 9.95. The molecule has 0 amide bonds. The first-order chi connectivity index (χ1) is 17.3. The lowest BCUT2D eigenvalue weighted by Crippen LogP contribution is -2.00. The van der Waals surface area contributed by atoms with Gasteiger partial charge in [-0.3, -0.25) is 0 Å². The highest BCUT2D eigenvalue weighted by Crippen LogP contribution is 2.40. The van der Waals surface area contributed by atoms with Gasteiger partial charge in [-0.1, -0.05) is 91.1 Å². The summed E-state index contributed by atoms with van der Waals surface area (Å²) in [5.41, 5.74) is 9.81. The summed E-state index contributed by atoms with van der Waals surface area (Å²) < 4.78 is 2.35. The number of aromatic nitrogens is 1. The molecule has 0 atom stereocenters. The maximum Gasteiger partial charge on any atom is 0.0541 e. The zero-order valence-electron chi connectivity index (χ0n) is 19.2. The van der Waals surface area contributed by atoms with Crippen molar-refractivity contribution in [3.05, 3.63) is 144 Å². The number of hydrogen-bond donors (Lipinski definition) is 0. The van der Waals surface area contributed by atoms with E-state index >= 15 is 0 Å². The summed E-state index contributed by atoms with van der Waals surface area (Å²) in [7, 11) is 0. The first-order valence-corrected chi connectivity index (χ1v) is 12.7. The van der Waals surface area contributed by atoms with Crippen molar-refractivity contribution >= 4 is 39.1 Å². The van der Waals surface area contributed by atoms with E-state index in [2.05, 4.69) is 126 Å². The molecule has 0 saturated heterocycles. The average molecular weight is 466 g/mol. The lowest BCUT2D eigenvalue weighted by molar-refractivity contribution is 1.05. The number of rotatable bonds is 3. The average Bonchev–Trinajstić information content (AvgIpc) is 3.26. The molecule has 35 heavy (non-hydrogen) atoms. The van der Waals surface area contributed by atoms with Gasteiger partial charge < -0.3 is 4.57 Å². The van der Waals surface area contributed by atoms with Crippen molar-refractivity contribution in [2.24, 2.45) is 0 Å². The SMILES string of the molecule is C=C(c1ccc(-n2c3ccccc3c3ccccc32)cc1)c1ccc2c(c1)Cc1ccccc1S2. The molecule has 5 aromatic carbocycles. The molecule has 1 aliphatic heterocycles. The van der Waals surface area contributed by atoms with Crippen molar-refractivity contribution in [1.82, 2.24) is 4.57 Å². The predicted octanol–water partition coefficient (Wildman–Crippen LogP) is 8.90. The minimum atomic E-state index is 0.979. The Labute approximate surface area is 209 Å². The minimum Gasteiger partial charge on any atom is -0.309 e. The van der Waals surface area contributed by atoms with Crippen molar-refractivity contribution in [3.8, 4) is 5.69 Å². The number of hydrogen-bond acceptors (Lipinski definition) is 1. The van der Waals surface area contributed by atoms with Crippen molar-refractivity contribution < 1.29 is 0 Å². The zero-order chi connectivity index (χ0) is 23.4. The maximum absolute atomic E-state index is 4.47. The van der Waals surface area contributed by atoms with Crippen LogP contribution >= 0.6 is 11.8 Å². The zero-order valence-corrected chi connectivity index (χ0v) is 20.1. The fourth-order valence-electron chi connectivity index (χ4n) is 5.26. The standard InChI is InChI=1S/C33H23NS/c1-22(24-16-19-33-26(20-24)21-25-8-2-7-13-32(25)35-33)23-14-17-27(18-15-23)34-30-11-5-3-9-28(30)29-10-4-6-12-31(29)34/h2-20H,1,21H2. The molecule has 6 aromatic rings. The highest BCUT2D eigenvalue weighted by molar-refractivity contribution is 7.99. The molecule has 0 radical (unpaired) electrons. The molecule has 1 aliphatic rings. The third-order valence-electron chi connectivity index (χ3n) is 7.04. The topological polar surface area (TPSA) is 4.93 Å². The molecule has 2 heteroatoms. The van der Waals surface area contributed by atoms with E-state index in [1.807, 2.05) is 11.8 Å². The Hall–Kier alpha value is -4.01. The smallest absolute Gasteiger partial charge is 0.0541 e. The molecule has 0 aliphatic carbocycles. The van der Waals surface area contributed by atoms with Crippen LogP contribution in [0.15, 0.2) is 132 Å². The van der Waals surface area contributed by atoms with E-state index in [-0.39, 0.29) is 0 Å². The largest absolute Gasteiger partial charge is 0.309 e. The molecular weight excluding hydrogens is 442 g/mol. The van der Waals surface area contributed by atoms with Crippen molar-refractivity contribution in [1.29, 1.82) is 0 Å². The van der Waals surface area contributed by atoms with E-state index in [9.17, 15) is 0 Å². The van der Waals surface area contributed by atoms with E-state index in [4.69, 9.17) is 0 Å². The summed E-state index contributed by atoms with van der Waals surface area (Å²) in [5.74, 6) is 0. The van der Waals surface area contributed by atoms with Crippen molar-refractivity contribution in [2.45, 2.75) is 16.2 Å². The Morgan fingerprint density at radius 1 is 0.600 bits per heavy atom. The predicted molar refractivity (Wildman–Crippen MR) is 149 cm³/mol. The van der Waals surface area contributed by atoms with Crippen LogP contribution in [0, 0.1) is 0 Å². The van der Waals surface area contributed by atoms with Gasteiger partial charge in [-0.2, -0.15) is 0 Å². The van der Waals surface area contributed by atoms with Gasteiger partial charge in [-0.05, 0) is 76.7 Å². The van der Waals surface area contributed by atoms with E-state index in [1.54, 1.807) is 0 Å². The quantitative estimate of drug-likeness (QED) is 0.252. The Kier molecular flexibility index (Phi) is 4.68. The minimum absolute atomic E-state index is 0.979. The second-order valence-electron chi connectivity index (χ2n) is 9.10. The molecule has 7 rings (SSSR count). The maximum atomic E-state index is 4.47. The van der Waals surface area contributed by atoms with Gasteiger partial charge in [0.15, 0.2) is 0 Å². The summed E-state index contributed by atoms with van der Waals surface area (Å²) in [6.07, 6.45) is 0.979. The molecule has 0 spiro atoms. The normalized spacial score (nSPS) is 12.5. The highest BCUT2D eigenvalue weighted by atomic mass is 32.2. The van der Waals surface area contributed by atoms with Crippen molar-refractivity contribution in [3.63, 3.8) is 0 Å².